The first-order valence-corrected chi connectivity index (χ1v) is 10.6. The Morgan fingerprint density at radius 1 is 0.227 bits per heavy atom. The third-order valence-electron chi connectivity index (χ3n) is 5.16. The van der Waals surface area contributed by atoms with Crippen LogP contribution >= 0.6 is 0 Å². The Labute approximate surface area is 141 Å². The molecule has 0 N–H and O–H groups in total. The molecule has 0 nitrogen and oxygen atoms in total. The maximum Gasteiger partial charge on any atom is -0.0351 e. The SMILES string of the molecule is C1=C\CCCCCCCCCCCCCCCCCCCC/1. The minimum atomic E-state index is 1.32. The Balaban J connectivity index is 2.05. The van der Waals surface area contributed by atoms with Crippen LogP contribution in [0.4, 0.5) is 0 Å². The van der Waals surface area contributed by atoms with Crippen LogP contribution in [0, 0.1) is 0 Å². The summed E-state index contributed by atoms with van der Waals surface area (Å²) in [7, 11) is 0. The van der Waals surface area contributed by atoms with Crippen molar-refractivity contribution in [1.29, 1.82) is 0 Å². The van der Waals surface area contributed by atoms with Crippen molar-refractivity contribution in [2.75, 3.05) is 0 Å². The van der Waals surface area contributed by atoms with E-state index in [1.54, 1.807) is 0 Å². The lowest BCUT2D eigenvalue weighted by atomic mass is 10.0. The van der Waals surface area contributed by atoms with E-state index in [2.05, 4.69) is 12.2 Å². The molecule has 0 aliphatic heterocycles. The van der Waals surface area contributed by atoms with Gasteiger partial charge in [0.15, 0.2) is 0 Å². The summed E-state index contributed by atoms with van der Waals surface area (Å²) in [6.45, 7) is 0. The average molecular weight is 307 g/mol. The molecule has 0 saturated heterocycles. The summed E-state index contributed by atoms with van der Waals surface area (Å²) in [5, 5.41) is 0. The van der Waals surface area contributed by atoms with E-state index in [0.717, 1.165) is 0 Å². The highest BCUT2D eigenvalue weighted by Crippen LogP contribution is 2.15. The van der Waals surface area contributed by atoms with Gasteiger partial charge in [0.2, 0.25) is 0 Å². The molecule has 0 aromatic rings. The second-order valence-corrected chi connectivity index (χ2v) is 7.41. The van der Waals surface area contributed by atoms with Crippen molar-refractivity contribution in [3.05, 3.63) is 12.2 Å². The average Bonchev–Trinajstić information content (AvgIpc) is 2.53. The van der Waals surface area contributed by atoms with Gasteiger partial charge in [-0.25, -0.2) is 0 Å². The molecular weight excluding hydrogens is 264 g/mol. The predicted octanol–water partition coefficient (Wildman–Crippen LogP) is 8.36. The molecule has 0 aromatic heterocycles. The molecule has 0 fully saturated rings. The van der Waals surface area contributed by atoms with Crippen molar-refractivity contribution in [2.24, 2.45) is 0 Å². The Bertz CT molecular complexity index is 204. The van der Waals surface area contributed by atoms with Crippen LogP contribution in [0.3, 0.4) is 0 Å². The fourth-order valence-corrected chi connectivity index (χ4v) is 3.59. The molecule has 0 amide bonds. The fraction of sp³-hybridized carbons (Fsp3) is 0.909. The molecular formula is C22H42. The lowest BCUT2D eigenvalue weighted by molar-refractivity contribution is 0.523. The molecule has 1 aliphatic rings. The van der Waals surface area contributed by atoms with Gasteiger partial charge < -0.3 is 0 Å². The summed E-state index contributed by atoms with van der Waals surface area (Å²) in [5.74, 6) is 0. The molecule has 0 radical (unpaired) electrons. The smallest absolute Gasteiger partial charge is 0.0351 e. The lowest BCUT2D eigenvalue weighted by Gasteiger charge is -2.04. The first kappa shape index (κ1) is 19.8. The monoisotopic (exact) mass is 306 g/mol. The summed E-state index contributed by atoms with van der Waals surface area (Å²) >= 11 is 0. The molecule has 0 unspecified atom stereocenters. The van der Waals surface area contributed by atoms with Crippen LogP contribution in [0.25, 0.3) is 0 Å². The van der Waals surface area contributed by atoms with Gasteiger partial charge in [-0.05, 0) is 25.7 Å². The molecule has 22 heavy (non-hydrogen) atoms. The molecule has 1 rings (SSSR count). The maximum absolute atomic E-state index is 2.44. The molecule has 0 spiro atoms. The minimum Gasteiger partial charge on any atom is -0.0885 e. The zero-order chi connectivity index (χ0) is 15.6. The van der Waals surface area contributed by atoms with Gasteiger partial charge in [0.1, 0.15) is 0 Å². The number of hydrogen-bond acceptors (Lipinski definition) is 0. The number of allylic oxidation sites excluding steroid dienone is 2. The van der Waals surface area contributed by atoms with Crippen LogP contribution in [0.5, 0.6) is 0 Å². The third kappa shape index (κ3) is 14.7. The van der Waals surface area contributed by atoms with E-state index in [0.29, 0.717) is 0 Å². The highest BCUT2D eigenvalue weighted by Gasteiger charge is 1.95. The largest absolute Gasteiger partial charge is 0.0885 e. The first-order chi connectivity index (χ1) is 11.0. The summed E-state index contributed by atoms with van der Waals surface area (Å²) < 4.78 is 0. The van der Waals surface area contributed by atoms with Crippen LogP contribution in [0.2, 0.25) is 0 Å². The van der Waals surface area contributed by atoms with Crippen LogP contribution in [0.15, 0.2) is 12.2 Å². The topological polar surface area (TPSA) is 0 Å². The zero-order valence-corrected chi connectivity index (χ0v) is 15.3. The van der Waals surface area contributed by atoms with Crippen molar-refractivity contribution < 1.29 is 0 Å². The normalized spacial score (nSPS) is 24.7. The second-order valence-electron chi connectivity index (χ2n) is 7.41. The molecule has 0 bridgehead atoms. The molecule has 0 saturated carbocycles. The van der Waals surface area contributed by atoms with Crippen molar-refractivity contribution in [3.63, 3.8) is 0 Å². The standard InChI is InChI=1S/C22H42/c1-2-4-6-8-10-12-14-16-18-20-22-21-19-17-15-13-11-9-7-5-3-1/h1-2H,3-22H2/b2-1-. The molecule has 0 heterocycles. The number of rotatable bonds is 0. The number of hydrogen-bond donors (Lipinski definition) is 0. The summed E-state index contributed by atoms with van der Waals surface area (Å²) in [6.07, 6.45) is 34.0. The Hall–Kier alpha value is -0.260. The lowest BCUT2D eigenvalue weighted by Crippen LogP contribution is -1.84. The van der Waals surface area contributed by atoms with Gasteiger partial charge in [-0.3, -0.25) is 0 Å². The van der Waals surface area contributed by atoms with Crippen LogP contribution in [-0.4, -0.2) is 0 Å². The molecule has 130 valence electrons. The van der Waals surface area contributed by atoms with Crippen LogP contribution in [-0.2, 0) is 0 Å². The van der Waals surface area contributed by atoms with Crippen molar-refractivity contribution in [1.82, 2.24) is 0 Å². The summed E-state index contributed by atoms with van der Waals surface area (Å²) in [5.41, 5.74) is 0. The van der Waals surface area contributed by atoms with E-state index in [4.69, 9.17) is 0 Å². The van der Waals surface area contributed by atoms with Crippen LogP contribution in [0.1, 0.15) is 128 Å². The van der Waals surface area contributed by atoms with Crippen LogP contribution < -0.4 is 0 Å². The van der Waals surface area contributed by atoms with Gasteiger partial charge in [0.05, 0.1) is 0 Å². The van der Waals surface area contributed by atoms with E-state index in [-0.39, 0.29) is 0 Å². The van der Waals surface area contributed by atoms with Crippen molar-refractivity contribution in [2.45, 2.75) is 128 Å². The predicted molar refractivity (Wildman–Crippen MR) is 101 cm³/mol. The first-order valence-electron chi connectivity index (χ1n) is 10.6. The minimum absolute atomic E-state index is 1.32. The Morgan fingerprint density at radius 3 is 0.636 bits per heavy atom. The zero-order valence-electron chi connectivity index (χ0n) is 15.3. The van der Waals surface area contributed by atoms with E-state index in [1.165, 1.54) is 128 Å². The van der Waals surface area contributed by atoms with Crippen molar-refractivity contribution in [3.8, 4) is 0 Å². The maximum atomic E-state index is 2.44. The van der Waals surface area contributed by atoms with Crippen molar-refractivity contribution >= 4 is 0 Å². The van der Waals surface area contributed by atoms with E-state index >= 15 is 0 Å². The van der Waals surface area contributed by atoms with Gasteiger partial charge in [-0.15, -0.1) is 0 Å². The van der Waals surface area contributed by atoms with Gasteiger partial charge >= 0.3 is 0 Å². The fourth-order valence-electron chi connectivity index (χ4n) is 3.59. The molecule has 0 aromatic carbocycles. The second kappa shape index (κ2) is 17.1. The van der Waals surface area contributed by atoms with Gasteiger partial charge in [0.25, 0.3) is 0 Å². The quantitative estimate of drug-likeness (QED) is 0.394. The molecule has 0 heteroatoms. The van der Waals surface area contributed by atoms with Gasteiger partial charge in [-0.2, -0.15) is 0 Å². The summed E-state index contributed by atoms with van der Waals surface area (Å²) in [6, 6.07) is 0. The molecule has 0 atom stereocenters. The summed E-state index contributed by atoms with van der Waals surface area (Å²) in [4.78, 5) is 0. The Kier molecular flexibility index (Phi) is 15.4. The highest BCUT2D eigenvalue weighted by atomic mass is 14.0. The van der Waals surface area contributed by atoms with E-state index < -0.39 is 0 Å². The van der Waals surface area contributed by atoms with Gasteiger partial charge in [0, 0.05) is 0 Å². The van der Waals surface area contributed by atoms with E-state index in [9.17, 15) is 0 Å². The van der Waals surface area contributed by atoms with Gasteiger partial charge in [-0.1, -0.05) is 115 Å². The van der Waals surface area contributed by atoms with E-state index in [1.807, 2.05) is 0 Å². The third-order valence-corrected chi connectivity index (χ3v) is 5.16. The Morgan fingerprint density at radius 2 is 0.409 bits per heavy atom. The molecule has 1 aliphatic carbocycles. The highest BCUT2D eigenvalue weighted by molar-refractivity contribution is 4.81.